The Labute approximate surface area is 178 Å². The van der Waals surface area contributed by atoms with Gasteiger partial charge < -0.3 is 9.31 Å². The van der Waals surface area contributed by atoms with E-state index in [4.69, 9.17) is 9.31 Å². The first-order valence-electron chi connectivity index (χ1n) is 10.7. The molecule has 0 unspecified atom stereocenters. The summed E-state index contributed by atoms with van der Waals surface area (Å²) >= 11 is 0. The molecule has 2 aromatic rings. The second-order valence-electron chi connectivity index (χ2n) is 9.83. The fourth-order valence-electron chi connectivity index (χ4n) is 4.19. The van der Waals surface area contributed by atoms with Crippen molar-refractivity contribution in [2.75, 3.05) is 0 Å². The van der Waals surface area contributed by atoms with Crippen LogP contribution in [-0.4, -0.2) is 26.4 Å². The highest BCUT2D eigenvalue weighted by Gasteiger charge is 2.54. The molecule has 1 saturated heterocycles. The maximum Gasteiger partial charge on any atom is 0.489 e. The minimum Gasteiger partial charge on any atom is -0.400 e. The summed E-state index contributed by atoms with van der Waals surface area (Å²) in [6, 6.07) is 21.7. The van der Waals surface area contributed by atoms with Gasteiger partial charge in [0.05, 0.1) is 19.3 Å². The van der Waals surface area contributed by atoms with Crippen LogP contribution in [0.3, 0.4) is 0 Å². The van der Waals surface area contributed by atoms with Crippen molar-refractivity contribution in [2.45, 2.75) is 70.4 Å². The molecule has 0 radical (unpaired) electrons. The van der Waals surface area contributed by atoms with Crippen molar-refractivity contribution in [2.24, 2.45) is 0 Å². The SMILES string of the molecule is C=C(B1OC(C)(C)C(C)(C)O1)[C@H](CCc1ccccc1)[Si](C)(C)c1ccccc1. The van der Waals surface area contributed by atoms with Gasteiger partial charge in [0.1, 0.15) is 0 Å². The van der Waals surface area contributed by atoms with E-state index in [1.165, 1.54) is 10.8 Å². The summed E-state index contributed by atoms with van der Waals surface area (Å²) in [4.78, 5) is 0. The largest absolute Gasteiger partial charge is 0.489 e. The average Bonchev–Trinajstić information content (AvgIpc) is 2.90. The molecule has 1 aliphatic heterocycles. The van der Waals surface area contributed by atoms with Gasteiger partial charge in [-0.1, -0.05) is 78.9 Å². The molecule has 0 aliphatic carbocycles. The van der Waals surface area contributed by atoms with E-state index in [1.54, 1.807) is 0 Å². The Balaban J connectivity index is 1.89. The molecular formula is C25H35BO2Si. The second kappa shape index (κ2) is 8.25. The molecule has 2 nitrogen and oxygen atoms in total. The van der Waals surface area contributed by atoms with Gasteiger partial charge in [-0.15, -0.1) is 6.58 Å². The topological polar surface area (TPSA) is 18.5 Å². The zero-order valence-electron chi connectivity index (χ0n) is 18.9. The van der Waals surface area contributed by atoms with Crippen LogP contribution in [0.1, 0.15) is 39.7 Å². The predicted molar refractivity (Wildman–Crippen MR) is 127 cm³/mol. The first-order valence-corrected chi connectivity index (χ1v) is 13.8. The molecule has 0 bridgehead atoms. The molecule has 29 heavy (non-hydrogen) atoms. The Hall–Kier alpha value is -1.62. The third-order valence-electron chi connectivity index (χ3n) is 6.96. The van der Waals surface area contributed by atoms with Crippen molar-refractivity contribution < 1.29 is 9.31 Å². The lowest BCUT2D eigenvalue weighted by Gasteiger charge is -2.35. The highest BCUT2D eigenvalue weighted by molar-refractivity contribution is 6.92. The molecule has 1 heterocycles. The van der Waals surface area contributed by atoms with E-state index in [0.29, 0.717) is 5.54 Å². The van der Waals surface area contributed by atoms with Crippen molar-refractivity contribution in [3.05, 3.63) is 78.3 Å². The van der Waals surface area contributed by atoms with Crippen LogP contribution in [0.5, 0.6) is 0 Å². The van der Waals surface area contributed by atoms with Crippen molar-refractivity contribution >= 4 is 20.4 Å². The van der Waals surface area contributed by atoms with Crippen LogP contribution in [0, 0.1) is 0 Å². The molecule has 0 saturated carbocycles. The van der Waals surface area contributed by atoms with Crippen molar-refractivity contribution in [1.29, 1.82) is 0 Å². The first-order chi connectivity index (χ1) is 13.5. The summed E-state index contributed by atoms with van der Waals surface area (Å²) in [6.45, 7) is 17.9. The molecule has 0 N–H and O–H groups in total. The quantitative estimate of drug-likeness (QED) is 0.542. The van der Waals surface area contributed by atoms with E-state index in [1.807, 2.05) is 0 Å². The number of aryl methyl sites for hydroxylation is 1. The first kappa shape index (κ1) is 22.1. The normalized spacial score (nSPS) is 19.2. The summed E-state index contributed by atoms with van der Waals surface area (Å²) < 4.78 is 12.8. The van der Waals surface area contributed by atoms with E-state index < -0.39 is 8.07 Å². The lowest BCUT2D eigenvalue weighted by Crippen LogP contribution is -2.48. The highest BCUT2D eigenvalue weighted by atomic mass is 28.3. The molecule has 4 heteroatoms. The Morgan fingerprint density at radius 3 is 1.90 bits per heavy atom. The number of rotatable bonds is 7. The fourth-order valence-corrected chi connectivity index (χ4v) is 7.58. The van der Waals surface area contributed by atoms with E-state index in [2.05, 4.69) is 108 Å². The van der Waals surface area contributed by atoms with E-state index >= 15 is 0 Å². The second-order valence-corrected chi connectivity index (χ2v) is 14.5. The molecular weight excluding hydrogens is 371 g/mol. The van der Waals surface area contributed by atoms with Crippen molar-refractivity contribution in [3.8, 4) is 0 Å². The van der Waals surface area contributed by atoms with Gasteiger partial charge in [-0.3, -0.25) is 0 Å². The number of hydrogen-bond donors (Lipinski definition) is 0. The van der Waals surface area contributed by atoms with E-state index in [9.17, 15) is 0 Å². The smallest absolute Gasteiger partial charge is 0.400 e. The Morgan fingerprint density at radius 2 is 1.38 bits per heavy atom. The van der Waals surface area contributed by atoms with Gasteiger partial charge in [-0.25, -0.2) is 0 Å². The van der Waals surface area contributed by atoms with Gasteiger partial charge in [0.15, 0.2) is 0 Å². The van der Waals surface area contributed by atoms with Crippen LogP contribution >= 0.6 is 0 Å². The number of allylic oxidation sites excluding steroid dienone is 1. The maximum absolute atomic E-state index is 6.39. The fraction of sp³-hybridized carbons (Fsp3) is 0.440. The van der Waals surface area contributed by atoms with Crippen LogP contribution in [-0.2, 0) is 15.7 Å². The molecule has 154 valence electrons. The van der Waals surface area contributed by atoms with E-state index in [0.717, 1.165) is 18.3 Å². The van der Waals surface area contributed by atoms with Crippen LogP contribution < -0.4 is 5.19 Å². The van der Waals surface area contributed by atoms with Gasteiger partial charge in [0.2, 0.25) is 0 Å². The van der Waals surface area contributed by atoms with Crippen LogP contribution in [0.15, 0.2) is 72.7 Å². The molecule has 0 spiro atoms. The monoisotopic (exact) mass is 406 g/mol. The van der Waals surface area contributed by atoms with Crippen molar-refractivity contribution in [1.82, 2.24) is 0 Å². The summed E-state index contributed by atoms with van der Waals surface area (Å²) in [6.07, 6.45) is 2.09. The number of hydrogen-bond acceptors (Lipinski definition) is 2. The summed E-state index contributed by atoms with van der Waals surface area (Å²) in [5.74, 6) is 0. The van der Waals surface area contributed by atoms with Crippen molar-refractivity contribution in [3.63, 3.8) is 0 Å². The predicted octanol–water partition coefficient (Wildman–Crippen LogP) is 5.79. The molecule has 1 aliphatic rings. The standard InChI is InChI=1S/C25H35BO2Si/c1-20(26-27-24(2,3)25(4,5)28-26)23(19-18-21-14-10-8-11-15-21)29(6,7)22-16-12-9-13-17-22/h8-17,23H,1,18-19H2,2-7H3/t23-/m0/s1. The van der Waals surface area contributed by atoms with Gasteiger partial charge in [0, 0.05) is 0 Å². The summed E-state index contributed by atoms with van der Waals surface area (Å²) in [7, 11) is -2.20. The Bertz CT molecular complexity index is 814. The van der Waals surface area contributed by atoms with Gasteiger partial charge in [-0.2, -0.15) is 0 Å². The Morgan fingerprint density at radius 1 is 0.897 bits per heavy atom. The molecule has 0 aromatic heterocycles. The third kappa shape index (κ3) is 4.60. The molecule has 1 atom stereocenters. The van der Waals surface area contributed by atoms with E-state index in [-0.39, 0.29) is 18.3 Å². The molecule has 3 rings (SSSR count). The highest BCUT2D eigenvalue weighted by Crippen LogP contribution is 2.43. The van der Waals surface area contributed by atoms with Gasteiger partial charge in [-0.05, 0) is 57.1 Å². The maximum atomic E-state index is 6.39. The van der Waals surface area contributed by atoms with Gasteiger partial charge in [0.25, 0.3) is 0 Å². The molecule has 0 amide bonds. The summed E-state index contributed by atoms with van der Waals surface area (Å²) in [5, 5.41) is 1.45. The molecule has 2 aromatic carbocycles. The lowest BCUT2D eigenvalue weighted by atomic mass is 9.76. The molecule has 1 fully saturated rings. The minimum absolute atomic E-state index is 0.344. The average molecular weight is 406 g/mol. The lowest BCUT2D eigenvalue weighted by molar-refractivity contribution is 0.00578. The number of benzene rings is 2. The zero-order chi connectivity index (χ0) is 21.3. The third-order valence-corrected chi connectivity index (χ3v) is 11.2. The van der Waals surface area contributed by atoms with Gasteiger partial charge >= 0.3 is 7.12 Å². The van der Waals surface area contributed by atoms with Crippen LogP contribution in [0.2, 0.25) is 18.6 Å². The Kier molecular flexibility index (Phi) is 6.28. The van der Waals surface area contributed by atoms with Crippen LogP contribution in [0.25, 0.3) is 0 Å². The summed E-state index contributed by atoms with van der Waals surface area (Å²) in [5.41, 5.74) is 2.14. The minimum atomic E-state index is -1.85. The van der Waals surface area contributed by atoms with Crippen LogP contribution in [0.4, 0.5) is 0 Å². The zero-order valence-corrected chi connectivity index (χ0v) is 19.9.